The molecule has 4 rings (SSSR count). The van der Waals surface area contributed by atoms with Gasteiger partial charge in [-0.3, -0.25) is 0 Å². The monoisotopic (exact) mass is 346 g/mol. The van der Waals surface area contributed by atoms with Crippen LogP contribution >= 0.6 is 0 Å². The first kappa shape index (κ1) is 16.6. The van der Waals surface area contributed by atoms with Crippen LogP contribution in [0, 0.1) is 12.8 Å². The third-order valence-corrected chi connectivity index (χ3v) is 5.87. The Bertz CT molecular complexity index is 768. The molecule has 2 aromatic rings. The van der Waals surface area contributed by atoms with E-state index in [0.29, 0.717) is 5.92 Å². The zero-order chi connectivity index (χ0) is 17.8. The van der Waals surface area contributed by atoms with Crippen LogP contribution in [0.4, 0.5) is 13.2 Å². The zero-order valence-electron chi connectivity index (χ0n) is 14.3. The Morgan fingerprint density at radius 3 is 2.48 bits per heavy atom. The Morgan fingerprint density at radius 1 is 1.08 bits per heavy atom. The van der Waals surface area contributed by atoms with Crippen LogP contribution in [0.25, 0.3) is 0 Å². The first-order chi connectivity index (χ1) is 11.9. The molecule has 25 heavy (non-hydrogen) atoms. The van der Waals surface area contributed by atoms with Crippen LogP contribution in [0.5, 0.6) is 0 Å². The van der Waals surface area contributed by atoms with Gasteiger partial charge in [-0.15, -0.1) is 0 Å². The molecule has 1 nitrogen and oxygen atoms in total. The van der Waals surface area contributed by atoms with Gasteiger partial charge >= 0.3 is 6.18 Å². The summed E-state index contributed by atoms with van der Waals surface area (Å²) in [5.41, 5.74) is 2.39. The lowest BCUT2D eigenvalue weighted by molar-refractivity contribution is -0.137. The lowest BCUT2D eigenvalue weighted by Gasteiger charge is -2.30. The van der Waals surface area contributed by atoms with Crippen molar-refractivity contribution in [3.63, 3.8) is 0 Å². The van der Waals surface area contributed by atoms with Crippen LogP contribution in [-0.4, -0.2) is 12.2 Å². The number of epoxide rings is 1. The van der Waals surface area contributed by atoms with Crippen molar-refractivity contribution >= 4 is 0 Å². The van der Waals surface area contributed by atoms with Gasteiger partial charge in [-0.1, -0.05) is 43.3 Å². The molecule has 132 valence electrons. The van der Waals surface area contributed by atoms with E-state index in [1.165, 1.54) is 17.7 Å². The summed E-state index contributed by atoms with van der Waals surface area (Å²) in [5, 5.41) is 0. The van der Waals surface area contributed by atoms with Crippen molar-refractivity contribution < 1.29 is 17.9 Å². The normalized spacial score (nSPS) is 29.3. The number of fused-ring (bicyclic) bond motifs is 1. The van der Waals surface area contributed by atoms with Crippen LogP contribution in [0.15, 0.2) is 48.5 Å². The summed E-state index contributed by atoms with van der Waals surface area (Å²) >= 11 is 0. The first-order valence-electron chi connectivity index (χ1n) is 8.74. The van der Waals surface area contributed by atoms with Gasteiger partial charge in [0.2, 0.25) is 0 Å². The number of hydrogen-bond acceptors (Lipinski definition) is 1. The first-order valence-corrected chi connectivity index (χ1v) is 8.74. The summed E-state index contributed by atoms with van der Waals surface area (Å²) in [6.07, 6.45) is -3.12. The van der Waals surface area contributed by atoms with E-state index in [-0.39, 0.29) is 24.0 Å². The second kappa shape index (κ2) is 5.87. The van der Waals surface area contributed by atoms with Crippen molar-refractivity contribution in [1.29, 1.82) is 0 Å². The molecule has 2 aliphatic rings. The Labute approximate surface area is 145 Å². The van der Waals surface area contributed by atoms with Gasteiger partial charge in [0.25, 0.3) is 0 Å². The predicted molar refractivity (Wildman–Crippen MR) is 90.5 cm³/mol. The molecule has 1 saturated carbocycles. The van der Waals surface area contributed by atoms with Gasteiger partial charge in [0.1, 0.15) is 0 Å². The molecular weight excluding hydrogens is 325 g/mol. The van der Waals surface area contributed by atoms with Crippen LogP contribution in [0.2, 0.25) is 0 Å². The molecule has 0 amide bonds. The Kier molecular flexibility index (Phi) is 3.91. The molecule has 5 atom stereocenters. The Balaban J connectivity index is 1.71. The molecule has 1 saturated heterocycles. The molecule has 4 heteroatoms. The lowest BCUT2D eigenvalue weighted by Crippen LogP contribution is -2.20. The smallest absolute Gasteiger partial charge is 0.369 e. The fourth-order valence-electron chi connectivity index (χ4n) is 4.42. The van der Waals surface area contributed by atoms with Gasteiger partial charge in [0.15, 0.2) is 0 Å². The molecule has 2 fully saturated rings. The van der Waals surface area contributed by atoms with E-state index in [4.69, 9.17) is 4.74 Å². The summed E-state index contributed by atoms with van der Waals surface area (Å²) in [7, 11) is 0. The van der Waals surface area contributed by atoms with Crippen LogP contribution in [0.3, 0.4) is 0 Å². The summed E-state index contributed by atoms with van der Waals surface area (Å²) in [6.45, 7) is 4.08. The molecular formula is C21H21F3O. The van der Waals surface area contributed by atoms with Crippen molar-refractivity contribution in [2.75, 3.05) is 0 Å². The van der Waals surface area contributed by atoms with Crippen molar-refractivity contribution in [1.82, 2.24) is 0 Å². The summed E-state index contributed by atoms with van der Waals surface area (Å²) in [5.74, 6) is 0.618. The van der Waals surface area contributed by atoms with Gasteiger partial charge in [0.05, 0.1) is 17.8 Å². The SMILES string of the molecule is Cc1ccc(C(F)(F)F)cc1C1C(C(C)c2ccccc2)CC2O[C@H]21. The number of rotatable bonds is 3. The summed E-state index contributed by atoms with van der Waals surface area (Å²) < 4.78 is 45.3. The maximum absolute atomic E-state index is 13.2. The van der Waals surface area contributed by atoms with Gasteiger partial charge in [-0.2, -0.15) is 13.2 Å². The molecule has 0 radical (unpaired) electrons. The van der Waals surface area contributed by atoms with Gasteiger partial charge in [-0.25, -0.2) is 0 Å². The molecule has 0 aromatic heterocycles. The van der Waals surface area contributed by atoms with E-state index in [1.807, 2.05) is 25.1 Å². The Hall–Kier alpha value is -1.81. The standard InChI is InChI=1S/C21H21F3O/c1-12-8-9-15(21(22,23)24)10-16(12)19-17(11-18-20(19)25-18)13(2)14-6-4-3-5-7-14/h3-10,13,17-20H,11H2,1-2H3/t13?,17?,18?,19?,20-/m1/s1. The Morgan fingerprint density at radius 2 is 1.80 bits per heavy atom. The highest BCUT2D eigenvalue weighted by atomic mass is 19.4. The van der Waals surface area contributed by atoms with Crippen molar-refractivity contribution in [2.24, 2.45) is 5.92 Å². The number of ether oxygens (including phenoxy) is 1. The topological polar surface area (TPSA) is 12.5 Å². The number of halogens is 3. The second-order valence-electron chi connectivity index (χ2n) is 7.33. The van der Waals surface area contributed by atoms with E-state index in [0.717, 1.165) is 17.5 Å². The highest BCUT2D eigenvalue weighted by Gasteiger charge is 2.57. The third-order valence-electron chi connectivity index (χ3n) is 5.87. The number of alkyl halides is 3. The van der Waals surface area contributed by atoms with E-state index in [9.17, 15) is 13.2 Å². The largest absolute Gasteiger partial charge is 0.416 e. The number of aryl methyl sites for hydroxylation is 1. The third kappa shape index (κ3) is 2.97. The van der Waals surface area contributed by atoms with Crippen molar-refractivity contribution in [3.8, 4) is 0 Å². The highest BCUT2D eigenvalue weighted by Crippen LogP contribution is 2.57. The molecule has 1 aliphatic heterocycles. The molecule has 0 spiro atoms. The number of hydrogen-bond donors (Lipinski definition) is 0. The number of benzene rings is 2. The minimum atomic E-state index is -4.31. The van der Waals surface area contributed by atoms with Crippen molar-refractivity contribution in [3.05, 3.63) is 70.8 Å². The zero-order valence-corrected chi connectivity index (χ0v) is 14.3. The van der Waals surface area contributed by atoms with Gasteiger partial charge in [0, 0.05) is 5.92 Å². The van der Waals surface area contributed by atoms with E-state index in [2.05, 4.69) is 19.1 Å². The van der Waals surface area contributed by atoms with Crippen LogP contribution in [0.1, 0.15) is 47.4 Å². The van der Waals surface area contributed by atoms with E-state index >= 15 is 0 Å². The maximum Gasteiger partial charge on any atom is 0.416 e. The minimum absolute atomic E-state index is 0.0301. The van der Waals surface area contributed by atoms with Gasteiger partial charge < -0.3 is 4.74 Å². The van der Waals surface area contributed by atoms with Crippen LogP contribution < -0.4 is 0 Å². The van der Waals surface area contributed by atoms with Crippen molar-refractivity contribution in [2.45, 2.75) is 50.5 Å². The fraction of sp³-hybridized carbons (Fsp3) is 0.429. The average molecular weight is 346 g/mol. The second-order valence-corrected chi connectivity index (χ2v) is 7.33. The summed E-state index contributed by atoms with van der Waals surface area (Å²) in [6, 6.07) is 14.3. The van der Waals surface area contributed by atoms with Crippen LogP contribution in [-0.2, 0) is 10.9 Å². The quantitative estimate of drug-likeness (QED) is 0.651. The average Bonchev–Trinajstić information content (AvgIpc) is 3.25. The van der Waals surface area contributed by atoms with Gasteiger partial charge in [-0.05, 0) is 54.0 Å². The van der Waals surface area contributed by atoms with E-state index in [1.54, 1.807) is 6.07 Å². The molecule has 2 aromatic carbocycles. The molecule has 0 N–H and O–H groups in total. The lowest BCUT2D eigenvalue weighted by atomic mass is 9.76. The molecule has 0 bridgehead atoms. The molecule has 4 unspecified atom stereocenters. The fourth-order valence-corrected chi connectivity index (χ4v) is 4.42. The minimum Gasteiger partial charge on any atom is -0.369 e. The maximum atomic E-state index is 13.2. The molecule has 1 aliphatic carbocycles. The highest BCUT2D eigenvalue weighted by molar-refractivity contribution is 5.39. The molecule has 1 heterocycles. The predicted octanol–water partition coefficient (Wildman–Crippen LogP) is 5.69. The summed E-state index contributed by atoms with van der Waals surface area (Å²) in [4.78, 5) is 0. The van der Waals surface area contributed by atoms with E-state index < -0.39 is 11.7 Å².